The van der Waals surface area contributed by atoms with E-state index in [2.05, 4.69) is 10.6 Å². The van der Waals surface area contributed by atoms with Crippen LogP contribution in [0.5, 0.6) is 0 Å². The Balaban J connectivity index is 0.958. The summed E-state index contributed by atoms with van der Waals surface area (Å²) in [5, 5.41) is 17.7. The van der Waals surface area contributed by atoms with Crippen LogP contribution >= 0.6 is 0 Å². The quantitative estimate of drug-likeness (QED) is 0.218. The van der Waals surface area contributed by atoms with Crippen molar-refractivity contribution in [2.45, 2.75) is 170 Å². The van der Waals surface area contributed by atoms with Crippen LogP contribution in [0.25, 0.3) is 0 Å². The van der Waals surface area contributed by atoms with Crippen LogP contribution < -0.4 is 22.1 Å². The molecule has 6 aliphatic heterocycles. The first-order chi connectivity index (χ1) is 23.0. The average Bonchev–Trinajstić information content (AvgIpc) is 3.75. The minimum Gasteiger partial charge on any atom is -0.457 e. The molecule has 13 unspecified atom stereocenters. The normalized spacial score (nSPS) is 53.3. The third kappa shape index (κ3) is 5.80. The van der Waals surface area contributed by atoms with Gasteiger partial charge in [0.1, 0.15) is 23.7 Å². The highest BCUT2D eigenvalue weighted by Gasteiger charge is 2.66. The van der Waals surface area contributed by atoms with Gasteiger partial charge in [-0.05, 0) is 90.5 Å². The van der Waals surface area contributed by atoms with E-state index in [-0.39, 0.29) is 60.3 Å². The Morgan fingerprint density at radius 3 is 2.56 bits per heavy atom. The van der Waals surface area contributed by atoms with Gasteiger partial charge in [-0.25, -0.2) is 4.79 Å². The van der Waals surface area contributed by atoms with Gasteiger partial charge < -0.3 is 40.4 Å². The maximum Gasteiger partial charge on any atom is 0.341 e. The predicted octanol–water partition coefficient (Wildman–Crippen LogP) is 1.47. The number of epoxide rings is 1. The molecule has 270 valence electrons. The molecule has 0 aromatic rings. The van der Waals surface area contributed by atoms with Crippen molar-refractivity contribution in [1.82, 2.24) is 5.32 Å². The van der Waals surface area contributed by atoms with Gasteiger partial charge in [-0.2, -0.15) is 0 Å². The van der Waals surface area contributed by atoms with E-state index in [1.54, 1.807) is 0 Å². The molecule has 2 saturated carbocycles. The van der Waals surface area contributed by atoms with Gasteiger partial charge in [0.2, 0.25) is 0 Å². The maximum atomic E-state index is 14.2. The van der Waals surface area contributed by atoms with Gasteiger partial charge in [0.05, 0.1) is 48.6 Å². The number of Topliss-reactive ketones (excluding diaryl/α,β-unsaturated/α-hetero) is 1. The number of quaternary nitrogens is 1. The van der Waals surface area contributed by atoms with Crippen molar-refractivity contribution in [1.29, 1.82) is 0 Å². The zero-order valence-electron chi connectivity index (χ0n) is 29.3. The number of nitrogens with two attached hydrogens (primary N) is 3. The summed E-state index contributed by atoms with van der Waals surface area (Å²) in [6, 6.07) is 0.516. The summed E-state index contributed by atoms with van der Waals surface area (Å²) in [6.45, 7) is 6.91. The minimum absolute atomic E-state index is 0.0745. The molecule has 0 aromatic carbocycles. The number of rotatable bonds is 3. The van der Waals surface area contributed by atoms with Crippen LogP contribution in [0.1, 0.15) is 104 Å². The van der Waals surface area contributed by atoms with Crippen LogP contribution in [-0.2, 0) is 28.5 Å². The van der Waals surface area contributed by atoms with Gasteiger partial charge in [-0.3, -0.25) is 10.5 Å². The molecule has 0 amide bonds. The lowest BCUT2D eigenvalue weighted by molar-refractivity contribution is -0.746. The van der Waals surface area contributed by atoms with Crippen molar-refractivity contribution >= 4 is 11.8 Å². The van der Waals surface area contributed by atoms with Crippen molar-refractivity contribution in [2.24, 2.45) is 52.9 Å². The van der Waals surface area contributed by atoms with Crippen LogP contribution in [0.4, 0.5) is 0 Å². The SMILES string of the molecule is CC1CC(=O)C2C(CC3OC(C)(C)[C@@H]4OC(=O)[C@]5(CCCC[C@@H]4C3C2O)O[C@@H]5CCC2CC(N)[NH2+]C3C2CCCC2C(N)NCCC23)O1. The standard InChI is InChI=1S/C37H60N4O7/c1-18-15-24(42)30-25(45-18)17-26-29(32(30)43)23-7-4-5-13-37(35(44)46-33(23)36(2,3)47-26)27(48-37)11-10-19-16-28(38)41-31-20(19)8-6-9-22-21(31)12-14-40-34(22)39/h18-23,25-34,40-41,43H,4-17,38-39H2,1-3H3/p+1/t18?,19?,20?,21?,22?,23-,25?,26?,27-,28?,29?,30?,31?,32?,33-,34?,37-/m1/s1. The van der Waals surface area contributed by atoms with Gasteiger partial charge in [0.15, 0.2) is 5.60 Å². The van der Waals surface area contributed by atoms with E-state index in [1.165, 1.54) is 25.7 Å². The smallest absolute Gasteiger partial charge is 0.341 e. The summed E-state index contributed by atoms with van der Waals surface area (Å²) >= 11 is 0. The third-order valence-electron chi connectivity index (χ3n) is 14.5. The lowest BCUT2D eigenvalue weighted by atomic mass is 9.62. The molecule has 17 atom stereocenters. The van der Waals surface area contributed by atoms with Crippen molar-refractivity contribution in [3.05, 3.63) is 0 Å². The van der Waals surface area contributed by atoms with Crippen molar-refractivity contribution < 1.29 is 39.0 Å². The molecular weight excluding hydrogens is 612 g/mol. The molecule has 11 nitrogen and oxygen atoms in total. The number of carbonyl (C=O) groups is 2. The molecule has 2 aliphatic carbocycles. The Labute approximate surface area is 285 Å². The number of fused-ring (bicyclic) bond motifs is 7. The summed E-state index contributed by atoms with van der Waals surface area (Å²) in [5.41, 5.74) is 11.6. The molecule has 0 aromatic heterocycles. The number of piperidine rings is 2. The first-order valence-corrected chi connectivity index (χ1v) is 19.5. The summed E-state index contributed by atoms with van der Waals surface area (Å²) in [4.78, 5) is 27.3. The number of aliphatic hydroxyl groups excluding tert-OH is 1. The fourth-order valence-corrected chi connectivity index (χ4v) is 12.4. The highest BCUT2D eigenvalue weighted by atomic mass is 16.7. The van der Waals surface area contributed by atoms with E-state index in [0.29, 0.717) is 49.0 Å². The van der Waals surface area contributed by atoms with Gasteiger partial charge in [-0.1, -0.05) is 12.8 Å². The van der Waals surface area contributed by atoms with Gasteiger partial charge in [0.25, 0.3) is 0 Å². The molecule has 11 heteroatoms. The Hall–Kier alpha value is -1.18. The van der Waals surface area contributed by atoms with Crippen LogP contribution in [0, 0.1) is 41.4 Å². The summed E-state index contributed by atoms with van der Waals surface area (Å²) in [6.07, 6.45) is 9.68. The average molecular weight is 674 g/mol. The number of aliphatic hydroxyl groups is 1. The van der Waals surface area contributed by atoms with Crippen molar-refractivity contribution in [3.63, 3.8) is 0 Å². The van der Waals surface area contributed by atoms with Crippen LogP contribution in [-0.4, -0.2) is 89.6 Å². The topological polar surface area (TPSA) is 175 Å². The van der Waals surface area contributed by atoms with E-state index < -0.39 is 29.3 Å². The second kappa shape index (κ2) is 12.8. The predicted molar refractivity (Wildman–Crippen MR) is 176 cm³/mol. The highest BCUT2D eigenvalue weighted by Crippen LogP contribution is 2.54. The van der Waals surface area contributed by atoms with Crippen molar-refractivity contribution in [2.75, 3.05) is 6.54 Å². The van der Waals surface area contributed by atoms with E-state index in [1.807, 2.05) is 20.8 Å². The second-order valence-corrected chi connectivity index (χ2v) is 17.7. The maximum absolute atomic E-state index is 14.2. The first-order valence-electron chi connectivity index (χ1n) is 19.5. The third-order valence-corrected chi connectivity index (χ3v) is 14.5. The van der Waals surface area contributed by atoms with E-state index >= 15 is 0 Å². The number of hydrogen-bond acceptors (Lipinski definition) is 10. The summed E-state index contributed by atoms with van der Waals surface area (Å²) in [5.74, 6) is 1.13. The monoisotopic (exact) mass is 673 g/mol. The van der Waals surface area contributed by atoms with Crippen LogP contribution in [0.3, 0.4) is 0 Å². The molecular formula is C37H61N4O7+. The molecule has 6 heterocycles. The zero-order valence-corrected chi connectivity index (χ0v) is 29.3. The number of ether oxygens (including phenoxy) is 4. The Morgan fingerprint density at radius 1 is 0.938 bits per heavy atom. The second-order valence-electron chi connectivity index (χ2n) is 17.7. The number of hydrogen-bond donors (Lipinski definition) is 5. The summed E-state index contributed by atoms with van der Waals surface area (Å²) < 4.78 is 25.8. The van der Waals surface area contributed by atoms with Crippen LogP contribution in [0.2, 0.25) is 0 Å². The van der Waals surface area contributed by atoms with Gasteiger partial charge in [0, 0.05) is 42.9 Å². The number of ketones is 1. The van der Waals surface area contributed by atoms with E-state index in [9.17, 15) is 14.7 Å². The summed E-state index contributed by atoms with van der Waals surface area (Å²) in [7, 11) is 0. The Morgan fingerprint density at radius 2 is 1.73 bits per heavy atom. The molecule has 8 N–H and O–H groups in total. The van der Waals surface area contributed by atoms with Crippen LogP contribution in [0.15, 0.2) is 0 Å². The number of carbonyl (C=O) groups excluding carboxylic acids is 2. The lowest BCUT2D eigenvalue weighted by Crippen LogP contribution is -3.02. The number of nitrogens with one attached hydrogen (secondary N) is 1. The molecule has 0 radical (unpaired) electrons. The largest absolute Gasteiger partial charge is 0.457 e. The molecule has 48 heavy (non-hydrogen) atoms. The lowest BCUT2D eigenvalue weighted by Gasteiger charge is -2.57. The molecule has 0 bridgehead atoms. The molecule has 1 spiro atoms. The molecule has 8 fully saturated rings. The molecule has 8 rings (SSSR count). The Bertz CT molecular complexity index is 1240. The van der Waals surface area contributed by atoms with E-state index in [4.69, 9.17) is 30.4 Å². The fourth-order valence-electron chi connectivity index (χ4n) is 12.4. The van der Waals surface area contributed by atoms with Gasteiger partial charge in [-0.15, -0.1) is 0 Å². The first kappa shape index (κ1) is 33.9. The van der Waals surface area contributed by atoms with Crippen molar-refractivity contribution in [3.8, 4) is 0 Å². The minimum atomic E-state index is -0.903. The molecule has 6 saturated heterocycles. The van der Waals surface area contributed by atoms with Gasteiger partial charge >= 0.3 is 5.97 Å². The number of esters is 1. The van der Waals surface area contributed by atoms with E-state index in [0.717, 1.165) is 45.1 Å². The highest BCUT2D eigenvalue weighted by molar-refractivity contribution is 5.84. The Kier molecular flexibility index (Phi) is 9.05. The zero-order chi connectivity index (χ0) is 33.5. The molecule has 8 aliphatic rings. The fraction of sp³-hybridized carbons (Fsp3) is 0.946.